The fourth-order valence-electron chi connectivity index (χ4n) is 1.94. The van der Waals surface area contributed by atoms with E-state index in [1.54, 1.807) is 6.07 Å². The van der Waals surface area contributed by atoms with Gasteiger partial charge in [-0.2, -0.15) is 0 Å². The minimum atomic E-state index is -0.401. The number of benzene rings is 1. The first-order valence-corrected chi connectivity index (χ1v) is 4.56. The lowest BCUT2D eigenvalue weighted by atomic mass is 10.1. The molecular formula is C10H9NO4. The van der Waals surface area contributed by atoms with Gasteiger partial charge in [-0.3, -0.25) is 14.9 Å². The lowest BCUT2D eigenvalue weighted by Gasteiger charge is -2.04. The SMILES string of the molecule is O=COC1Cc2cccc([N+](=O)[O-])c2C1. The molecule has 1 unspecified atom stereocenters. The number of carbonyl (C=O) groups excluding carboxylic acids is 1. The van der Waals surface area contributed by atoms with Crippen LogP contribution in [0, 0.1) is 10.1 Å². The van der Waals surface area contributed by atoms with Gasteiger partial charge in [0.25, 0.3) is 12.2 Å². The molecule has 5 nitrogen and oxygen atoms in total. The molecule has 0 radical (unpaired) electrons. The van der Waals surface area contributed by atoms with Crippen molar-refractivity contribution in [1.29, 1.82) is 0 Å². The van der Waals surface area contributed by atoms with Crippen molar-refractivity contribution in [3.8, 4) is 0 Å². The summed E-state index contributed by atoms with van der Waals surface area (Å²) in [6.07, 6.45) is 0.750. The molecule has 78 valence electrons. The maximum Gasteiger partial charge on any atom is 0.293 e. The number of nitro benzene ring substituents is 1. The third-order valence-corrected chi connectivity index (χ3v) is 2.57. The molecule has 1 aliphatic rings. The Kier molecular flexibility index (Phi) is 2.37. The van der Waals surface area contributed by atoms with Crippen LogP contribution in [-0.4, -0.2) is 17.5 Å². The Hall–Kier alpha value is -1.91. The Morgan fingerprint density at radius 1 is 1.47 bits per heavy atom. The van der Waals surface area contributed by atoms with E-state index in [4.69, 9.17) is 4.74 Å². The van der Waals surface area contributed by atoms with E-state index in [0.29, 0.717) is 24.9 Å². The van der Waals surface area contributed by atoms with Gasteiger partial charge >= 0.3 is 0 Å². The number of nitro groups is 1. The third kappa shape index (κ3) is 1.68. The van der Waals surface area contributed by atoms with E-state index >= 15 is 0 Å². The third-order valence-electron chi connectivity index (χ3n) is 2.57. The van der Waals surface area contributed by atoms with E-state index in [2.05, 4.69) is 0 Å². The van der Waals surface area contributed by atoms with Crippen LogP contribution in [0.15, 0.2) is 18.2 Å². The molecule has 0 N–H and O–H groups in total. The van der Waals surface area contributed by atoms with Crippen LogP contribution < -0.4 is 0 Å². The summed E-state index contributed by atoms with van der Waals surface area (Å²) in [6, 6.07) is 4.96. The highest BCUT2D eigenvalue weighted by Crippen LogP contribution is 2.31. The van der Waals surface area contributed by atoms with Crippen LogP contribution in [-0.2, 0) is 22.4 Å². The summed E-state index contributed by atoms with van der Waals surface area (Å²) in [5.41, 5.74) is 1.70. The molecule has 0 saturated carbocycles. The molecule has 0 amide bonds. The predicted molar refractivity (Wildman–Crippen MR) is 51.4 cm³/mol. The number of nitrogens with zero attached hydrogens (tertiary/aromatic N) is 1. The number of hydrogen-bond acceptors (Lipinski definition) is 4. The quantitative estimate of drug-likeness (QED) is 0.424. The zero-order chi connectivity index (χ0) is 10.8. The largest absolute Gasteiger partial charge is 0.464 e. The first-order valence-electron chi connectivity index (χ1n) is 4.56. The Balaban J connectivity index is 2.33. The molecule has 1 aliphatic carbocycles. The summed E-state index contributed by atoms with van der Waals surface area (Å²) < 4.78 is 4.82. The van der Waals surface area contributed by atoms with Gasteiger partial charge in [-0.15, -0.1) is 0 Å². The highest BCUT2D eigenvalue weighted by molar-refractivity contribution is 5.49. The molecule has 0 spiro atoms. The molecule has 2 rings (SSSR count). The second kappa shape index (κ2) is 3.68. The molecular weight excluding hydrogens is 198 g/mol. The molecule has 0 fully saturated rings. The lowest BCUT2D eigenvalue weighted by molar-refractivity contribution is -0.385. The first kappa shape index (κ1) is 9.64. The highest BCUT2D eigenvalue weighted by atomic mass is 16.6. The maximum atomic E-state index is 10.7. The Bertz CT molecular complexity index is 416. The molecule has 0 heterocycles. The predicted octanol–water partition coefficient (Wildman–Crippen LogP) is 1.24. The number of rotatable bonds is 3. The zero-order valence-electron chi connectivity index (χ0n) is 7.88. The van der Waals surface area contributed by atoms with Gasteiger partial charge in [-0.25, -0.2) is 0 Å². The van der Waals surface area contributed by atoms with Gasteiger partial charge in [0.2, 0.25) is 0 Å². The summed E-state index contributed by atoms with van der Waals surface area (Å²) >= 11 is 0. The Morgan fingerprint density at radius 2 is 2.27 bits per heavy atom. The summed E-state index contributed by atoms with van der Waals surface area (Å²) in [6.45, 7) is 0.391. The number of carbonyl (C=O) groups is 1. The van der Waals surface area contributed by atoms with Crippen LogP contribution in [0.4, 0.5) is 5.69 Å². The van der Waals surface area contributed by atoms with E-state index < -0.39 is 4.92 Å². The van der Waals surface area contributed by atoms with Crippen molar-refractivity contribution < 1.29 is 14.5 Å². The maximum absolute atomic E-state index is 10.7. The number of ether oxygens (including phenoxy) is 1. The van der Waals surface area contributed by atoms with Gasteiger partial charge in [-0.1, -0.05) is 12.1 Å². The number of hydrogen-bond donors (Lipinski definition) is 0. The van der Waals surface area contributed by atoms with E-state index in [-0.39, 0.29) is 11.8 Å². The van der Waals surface area contributed by atoms with Crippen molar-refractivity contribution in [3.63, 3.8) is 0 Å². The van der Waals surface area contributed by atoms with Gasteiger partial charge < -0.3 is 4.74 Å². The van der Waals surface area contributed by atoms with E-state index in [1.165, 1.54) is 6.07 Å². The van der Waals surface area contributed by atoms with Crippen molar-refractivity contribution in [2.75, 3.05) is 0 Å². The molecule has 0 saturated heterocycles. The monoisotopic (exact) mass is 207 g/mol. The second-order valence-electron chi connectivity index (χ2n) is 3.43. The Labute approximate surface area is 85.8 Å². The molecule has 1 aromatic rings. The van der Waals surface area contributed by atoms with E-state index in [9.17, 15) is 14.9 Å². The molecule has 5 heteroatoms. The topological polar surface area (TPSA) is 69.4 Å². The standard InChI is InChI=1S/C10H9NO4/c12-6-15-8-4-7-2-1-3-10(11(13)14)9(7)5-8/h1-3,6,8H,4-5H2. The smallest absolute Gasteiger partial charge is 0.293 e. The molecule has 1 atom stereocenters. The van der Waals surface area contributed by atoms with Crippen LogP contribution in [0.25, 0.3) is 0 Å². The van der Waals surface area contributed by atoms with Gasteiger partial charge in [0, 0.05) is 24.5 Å². The van der Waals surface area contributed by atoms with E-state index in [0.717, 1.165) is 5.56 Å². The van der Waals surface area contributed by atoms with Gasteiger partial charge in [0.05, 0.1) is 4.92 Å². The second-order valence-corrected chi connectivity index (χ2v) is 3.43. The van der Waals surface area contributed by atoms with Crippen LogP contribution in [0.1, 0.15) is 11.1 Å². The van der Waals surface area contributed by atoms with Gasteiger partial charge in [0.15, 0.2) is 0 Å². The lowest BCUT2D eigenvalue weighted by Crippen LogP contribution is -2.11. The Morgan fingerprint density at radius 3 is 2.93 bits per heavy atom. The van der Waals surface area contributed by atoms with Crippen LogP contribution in [0.5, 0.6) is 0 Å². The summed E-state index contributed by atoms with van der Waals surface area (Å²) in [5.74, 6) is 0. The summed E-state index contributed by atoms with van der Waals surface area (Å²) in [5, 5.41) is 10.7. The van der Waals surface area contributed by atoms with Crippen molar-refractivity contribution in [3.05, 3.63) is 39.4 Å². The molecule has 1 aromatic carbocycles. The molecule has 0 bridgehead atoms. The van der Waals surface area contributed by atoms with Crippen molar-refractivity contribution >= 4 is 12.2 Å². The normalized spacial score (nSPS) is 18.3. The zero-order valence-corrected chi connectivity index (χ0v) is 7.88. The van der Waals surface area contributed by atoms with E-state index in [1.807, 2.05) is 6.07 Å². The molecule has 15 heavy (non-hydrogen) atoms. The van der Waals surface area contributed by atoms with Gasteiger partial charge in [-0.05, 0) is 5.56 Å². The minimum Gasteiger partial charge on any atom is -0.464 e. The fraction of sp³-hybridized carbons (Fsp3) is 0.300. The average Bonchev–Trinajstić information content (AvgIpc) is 2.59. The average molecular weight is 207 g/mol. The minimum absolute atomic E-state index is 0.115. The summed E-state index contributed by atoms with van der Waals surface area (Å²) in [4.78, 5) is 20.5. The molecule has 0 aromatic heterocycles. The van der Waals surface area contributed by atoms with Crippen LogP contribution in [0.3, 0.4) is 0 Å². The van der Waals surface area contributed by atoms with Crippen molar-refractivity contribution in [2.45, 2.75) is 18.9 Å². The van der Waals surface area contributed by atoms with Crippen molar-refractivity contribution in [1.82, 2.24) is 0 Å². The summed E-state index contributed by atoms with van der Waals surface area (Å²) in [7, 11) is 0. The highest BCUT2D eigenvalue weighted by Gasteiger charge is 2.28. The molecule has 0 aliphatic heterocycles. The van der Waals surface area contributed by atoms with Crippen molar-refractivity contribution in [2.24, 2.45) is 0 Å². The first-order chi connectivity index (χ1) is 7.22. The fourth-order valence-corrected chi connectivity index (χ4v) is 1.94. The van der Waals surface area contributed by atoms with Crippen LogP contribution >= 0.6 is 0 Å². The van der Waals surface area contributed by atoms with Crippen LogP contribution in [0.2, 0.25) is 0 Å². The van der Waals surface area contributed by atoms with Gasteiger partial charge in [0.1, 0.15) is 6.10 Å². The number of fused-ring (bicyclic) bond motifs is 1.